The quantitative estimate of drug-likeness (QED) is 0.269. The zero-order chi connectivity index (χ0) is 20.4. The van der Waals surface area contributed by atoms with Crippen molar-refractivity contribution in [1.29, 1.82) is 0 Å². The zero-order valence-corrected chi connectivity index (χ0v) is 16.0. The summed E-state index contributed by atoms with van der Waals surface area (Å²) in [4.78, 5) is 23.3. The predicted molar refractivity (Wildman–Crippen MR) is 112 cm³/mol. The van der Waals surface area contributed by atoms with Crippen LogP contribution in [0.2, 0.25) is 0 Å². The maximum absolute atomic E-state index is 12.6. The third kappa shape index (κ3) is 5.98. The molecule has 2 rings (SSSR count). The first-order chi connectivity index (χ1) is 13.5. The first-order valence-corrected chi connectivity index (χ1v) is 8.80. The Bertz CT molecular complexity index is 860. The van der Waals surface area contributed by atoms with E-state index in [9.17, 15) is 9.59 Å². The van der Waals surface area contributed by atoms with Crippen LogP contribution >= 0.6 is 0 Å². The number of hydrazone groups is 1. The molecule has 3 N–H and O–H groups in total. The Kier molecular flexibility index (Phi) is 7.77. The Morgan fingerprint density at radius 3 is 2.50 bits per heavy atom. The normalized spacial score (nSPS) is 10.7. The molecule has 0 aliphatic heterocycles. The summed E-state index contributed by atoms with van der Waals surface area (Å²) in [5.74, 6) is -0.541. The summed E-state index contributed by atoms with van der Waals surface area (Å²) in [6.07, 6.45) is 1.62. The zero-order valence-electron chi connectivity index (χ0n) is 16.0. The van der Waals surface area contributed by atoms with E-state index in [2.05, 4.69) is 27.7 Å². The highest BCUT2D eigenvalue weighted by Gasteiger charge is 2.11. The largest absolute Gasteiger partial charge is 0.464 e. The molecule has 0 spiro atoms. The molecule has 0 unspecified atom stereocenters. The second kappa shape index (κ2) is 10.5. The van der Waals surface area contributed by atoms with Gasteiger partial charge in [-0.2, -0.15) is 5.10 Å². The number of amides is 1. The van der Waals surface area contributed by atoms with Crippen LogP contribution < -0.4 is 16.1 Å². The third-order valence-corrected chi connectivity index (χ3v) is 3.76. The summed E-state index contributed by atoms with van der Waals surface area (Å²) in [6.45, 7) is 5.92. The Balaban J connectivity index is 2.05. The summed E-state index contributed by atoms with van der Waals surface area (Å²) < 4.78 is 4.86. The lowest BCUT2D eigenvalue weighted by atomic mass is 10.1. The number of hydrogen-bond acceptors (Lipinski definition) is 6. The van der Waals surface area contributed by atoms with Crippen molar-refractivity contribution < 1.29 is 14.3 Å². The molecule has 0 atom stereocenters. The van der Waals surface area contributed by atoms with E-state index in [1.54, 1.807) is 37.4 Å². The molecule has 7 heteroatoms. The van der Waals surface area contributed by atoms with Gasteiger partial charge in [0, 0.05) is 37.3 Å². The number of hydrogen-bond donors (Lipinski definition) is 3. The first-order valence-electron chi connectivity index (χ1n) is 8.80. The smallest absolute Gasteiger partial charge is 0.302 e. The lowest BCUT2D eigenvalue weighted by Gasteiger charge is -2.12. The molecule has 0 bridgehead atoms. The van der Waals surface area contributed by atoms with Crippen molar-refractivity contribution in [3.05, 3.63) is 72.3 Å². The van der Waals surface area contributed by atoms with Crippen molar-refractivity contribution in [1.82, 2.24) is 5.43 Å². The van der Waals surface area contributed by atoms with Crippen molar-refractivity contribution >= 4 is 29.0 Å². The fourth-order valence-electron chi connectivity index (χ4n) is 2.48. The van der Waals surface area contributed by atoms with Crippen molar-refractivity contribution in [2.45, 2.75) is 6.92 Å². The Morgan fingerprint density at radius 1 is 1.14 bits per heavy atom. The molecule has 1 amide bonds. The molecule has 0 heterocycles. The van der Waals surface area contributed by atoms with Crippen molar-refractivity contribution in [2.75, 3.05) is 30.8 Å². The molecule has 2 aromatic rings. The minimum Gasteiger partial charge on any atom is -0.464 e. The summed E-state index contributed by atoms with van der Waals surface area (Å²) in [5, 5.41) is 10.2. The average Bonchev–Trinajstić information content (AvgIpc) is 2.70. The second-order valence-electron chi connectivity index (χ2n) is 5.77. The van der Waals surface area contributed by atoms with Crippen LogP contribution in [0, 0.1) is 0 Å². The monoisotopic (exact) mass is 380 g/mol. The maximum atomic E-state index is 12.6. The van der Waals surface area contributed by atoms with Crippen LogP contribution in [-0.2, 0) is 9.53 Å². The number of nitrogens with one attached hydrogen (secondary N) is 3. The molecule has 0 radical (unpaired) electrons. The summed E-state index contributed by atoms with van der Waals surface area (Å²) >= 11 is 0. The minimum absolute atomic E-state index is 0.230. The van der Waals surface area contributed by atoms with Gasteiger partial charge in [0.15, 0.2) is 0 Å². The number of nitrogens with zero attached hydrogens (tertiary/aromatic N) is 1. The SMILES string of the molecule is C=C/C(=N\NC)c1ccccc1NC(=O)c1ccc(NCCOC(C)=O)cc1. The Morgan fingerprint density at radius 2 is 1.86 bits per heavy atom. The van der Waals surface area contributed by atoms with Gasteiger partial charge >= 0.3 is 5.97 Å². The number of carbonyl (C=O) groups is 2. The van der Waals surface area contributed by atoms with Gasteiger partial charge in [0.25, 0.3) is 5.91 Å². The average molecular weight is 380 g/mol. The highest BCUT2D eigenvalue weighted by Crippen LogP contribution is 2.18. The number of carbonyl (C=O) groups excluding carboxylic acids is 2. The van der Waals surface area contributed by atoms with Gasteiger partial charge in [-0.05, 0) is 36.4 Å². The van der Waals surface area contributed by atoms with E-state index in [0.717, 1.165) is 11.3 Å². The fraction of sp³-hybridized carbons (Fsp3) is 0.190. The van der Waals surface area contributed by atoms with E-state index in [-0.39, 0.29) is 18.5 Å². The molecule has 28 heavy (non-hydrogen) atoms. The molecule has 2 aromatic carbocycles. The highest BCUT2D eigenvalue weighted by atomic mass is 16.5. The van der Waals surface area contributed by atoms with Crippen LogP contribution in [0.25, 0.3) is 0 Å². The minimum atomic E-state index is -0.312. The number of rotatable bonds is 9. The van der Waals surface area contributed by atoms with E-state index in [4.69, 9.17) is 4.74 Å². The lowest BCUT2D eigenvalue weighted by molar-refractivity contribution is -0.140. The first kappa shape index (κ1) is 20.7. The summed E-state index contributed by atoms with van der Waals surface area (Å²) in [6, 6.07) is 14.4. The number of para-hydroxylation sites is 1. The molecule has 0 saturated heterocycles. The van der Waals surface area contributed by atoms with Crippen LogP contribution in [0.1, 0.15) is 22.8 Å². The fourth-order valence-corrected chi connectivity index (χ4v) is 2.48. The van der Waals surface area contributed by atoms with Gasteiger partial charge in [0.1, 0.15) is 6.61 Å². The van der Waals surface area contributed by atoms with Gasteiger partial charge in [0.05, 0.1) is 11.4 Å². The van der Waals surface area contributed by atoms with Gasteiger partial charge < -0.3 is 20.8 Å². The van der Waals surface area contributed by atoms with E-state index in [1.165, 1.54) is 6.92 Å². The number of benzene rings is 2. The van der Waals surface area contributed by atoms with Crippen molar-refractivity contribution in [2.24, 2.45) is 5.10 Å². The number of anilines is 2. The lowest BCUT2D eigenvalue weighted by Crippen LogP contribution is -2.15. The summed E-state index contributed by atoms with van der Waals surface area (Å²) in [7, 11) is 1.70. The molecule has 0 aliphatic rings. The number of ether oxygens (including phenoxy) is 1. The molecule has 7 nitrogen and oxygen atoms in total. The molecule has 0 aliphatic carbocycles. The maximum Gasteiger partial charge on any atom is 0.302 e. The molecular weight excluding hydrogens is 356 g/mol. The van der Waals surface area contributed by atoms with Gasteiger partial charge in [-0.15, -0.1) is 0 Å². The molecular formula is C21H24N4O3. The van der Waals surface area contributed by atoms with E-state index < -0.39 is 0 Å². The second-order valence-corrected chi connectivity index (χ2v) is 5.77. The molecule has 0 aromatic heterocycles. The van der Waals surface area contributed by atoms with Crippen molar-refractivity contribution in [3.63, 3.8) is 0 Å². The van der Waals surface area contributed by atoms with E-state index in [1.807, 2.05) is 24.3 Å². The highest BCUT2D eigenvalue weighted by molar-refractivity contribution is 6.15. The van der Waals surface area contributed by atoms with E-state index in [0.29, 0.717) is 23.5 Å². The molecule has 0 fully saturated rings. The van der Waals surface area contributed by atoms with E-state index >= 15 is 0 Å². The Hall–Kier alpha value is -3.61. The summed E-state index contributed by atoms with van der Waals surface area (Å²) in [5.41, 5.74) is 6.13. The third-order valence-electron chi connectivity index (χ3n) is 3.76. The van der Waals surface area contributed by atoms with Gasteiger partial charge in [0.2, 0.25) is 0 Å². The predicted octanol–water partition coefficient (Wildman–Crippen LogP) is 3.02. The van der Waals surface area contributed by atoms with Gasteiger partial charge in [-0.3, -0.25) is 9.59 Å². The van der Waals surface area contributed by atoms with Crippen LogP contribution in [0.15, 0.2) is 66.3 Å². The van der Waals surface area contributed by atoms with Crippen LogP contribution in [0.4, 0.5) is 11.4 Å². The van der Waals surface area contributed by atoms with Crippen molar-refractivity contribution in [3.8, 4) is 0 Å². The molecule has 0 saturated carbocycles. The number of esters is 1. The Labute approximate surface area is 164 Å². The van der Waals surface area contributed by atoms with Crippen LogP contribution in [0.3, 0.4) is 0 Å². The standard InChI is InChI=1S/C21H24N4O3/c1-4-19(25-22-3)18-7-5-6-8-20(18)24-21(27)16-9-11-17(12-10-16)23-13-14-28-15(2)26/h4-12,22-23H,1,13-14H2,2-3H3,(H,24,27)/b25-19+. The van der Waals surface area contributed by atoms with Gasteiger partial charge in [-0.25, -0.2) is 0 Å². The topological polar surface area (TPSA) is 91.8 Å². The number of allylic oxidation sites excluding steroid dienone is 1. The molecule has 146 valence electrons. The van der Waals surface area contributed by atoms with Gasteiger partial charge in [-0.1, -0.05) is 24.8 Å². The van der Waals surface area contributed by atoms with Crippen LogP contribution in [-0.4, -0.2) is 37.8 Å². The van der Waals surface area contributed by atoms with Crippen LogP contribution in [0.5, 0.6) is 0 Å².